The largest absolute Gasteiger partial charge is 0.493 e. The van der Waals surface area contributed by atoms with Gasteiger partial charge < -0.3 is 25.0 Å². The van der Waals surface area contributed by atoms with Gasteiger partial charge in [0, 0.05) is 27.2 Å². The summed E-state index contributed by atoms with van der Waals surface area (Å²) in [5, 5.41) is 6.06. The quantitative estimate of drug-likeness (QED) is 0.299. The van der Waals surface area contributed by atoms with Crippen molar-refractivity contribution in [2.45, 2.75) is 20.0 Å². The normalized spacial score (nSPS) is 10.6. The summed E-state index contributed by atoms with van der Waals surface area (Å²) in [5.41, 5.74) is 2.17. The van der Waals surface area contributed by atoms with Crippen LogP contribution in [-0.2, 0) is 17.9 Å². The number of amides is 1. The summed E-state index contributed by atoms with van der Waals surface area (Å²) in [6, 6.07) is 15.8. The van der Waals surface area contributed by atoms with Gasteiger partial charge in [-0.3, -0.25) is 4.79 Å². The molecule has 0 atom stereocenters. The number of methoxy groups -OCH3 is 1. The smallest absolute Gasteiger partial charge is 0.257 e. The molecule has 0 fully saturated rings. The van der Waals surface area contributed by atoms with E-state index in [0.29, 0.717) is 31.1 Å². The lowest BCUT2D eigenvalue weighted by atomic mass is 10.2. The summed E-state index contributed by atoms with van der Waals surface area (Å²) in [5.74, 6) is 1.74. The van der Waals surface area contributed by atoms with Gasteiger partial charge in [0.15, 0.2) is 24.1 Å². The van der Waals surface area contributed by atoms with Crippen molar-refractivity contribution in [2.24, 2.45) is 4.99 Å². The van der Waals surface area contributed by atoms with Gasteiger partial charge in [-0.25, -0.2) is 4.99 Å². The highest BCUT2D eigenvalue weighted by Gasteiger charge is 2.09. The van der Waals surface area contributed by atoms with E-state index in [9.17, 15) is 4.79 Å². The molecule has 2 rings (SSSR count). The number of benzene rings is 2. The van der Waals surface area contributed by atoms with Gasteiger partial charge >= 0.3 is 0 Å². The lowest BCUT2D eigenvalue weighted by Crippen LogP contribution is -2.36. The van der Waals surface area contributed by atoms with E-state index in [1.165, 1.54) is 5.56 Å². The number of carbonyl (C=O) groups is 1. The second-order valence-corrected chi connectivity index (χ2v) is 6.60. The minimum atomic E-state index is -0.164. The van der Waals surface area contributed by atoms with Crippen LogP contribution in [0.5, 0.6) is 11.5 Å². The van der Waals surface area contributed by atoms with Gasteiger partial charge in [-0.15, -0.1) is 24.0 Å². The number of hydrogen-bond acceptors (Lipinski definition) is 4. The highest BCUT2D eigenvalue weighted by atomic mass is 127. The molecule has 0 unspecified atom stereocenters. The Labute approximate surface area is 195 Å². The second kappa shape index (κ2) is 13.7. The average molecular weight is 526 g/mol. The molecule has 30 heavy (non-hydrogen) atoms. The summed E-state index contributed by atoms with van der Waals surface area (Å²) in [6.07, 6.45) is 0. The van der Waals surface area contributed by atoms with Crippen LogP contribution in [0, 0.1) is 0 Å². The Kier molecular flexibility index (Phi) is 11.7. The van der Waals surface area contributed by atoms with Crippen LogP contribution in [0.4, 0.5) is 0 Å². The van der Waals surface area contributed by atoms with Crippen molar-refractivity contribution < 1.29 is 14.3 Å². The number of nitrogens with zero attached hydrogens (tertiary/aromatic N) is 2. The Morgan fingerprint density at radius 1 is 1.03 bits per heavy atom. The molecule has 0 bridgehead atoms. The first-order valence-corrected chi connectivity index (χ1v) is 9.59. The maximum Gasteiger partial charge on any atom is 0.257 e. The molecule has 1 amide bonds. The highest BCUT2D eigenvalue weighted by molar-refractivity contribution is 14.0. The van der Waals surface area contributed by atoms with Crippen molar-refractivity contribution in [3.63, 3.8) is 0 Å². The molecule has 0 aromatic heterocycles. The summed E-state index contributed by atoms with van der Waals surface area (Å²) in [4.78, 5) is 18.2. The van der Waals surface area contributed by atoms with Crippen LogP contribution < -0.4 is 20.1 Å². The molecule has 0 radical (unpaired) electrons. The average Bonchev–Trinajstić information content (AvgIpc) is 2.73. The van der Waals surface area contributed by atoms with Crippen molar-refractivity contribution in [2.75, 3.05) is 34.4 Å². The van der Waals surface area contributed by atoms with Crippen LogP contribution in [0.3, 0.4) is 0 Å². The summed E-state index contributed by atoms with van der Waals surface area (Å²) in [7, 11) is 5.49. The van der Waals surface area contributed by atoms with Crippen molar-refractivity contribution in [1.29, 1.82) is 0 Å². The molecule has 0 aliphatic heterocycles. The first-order chi connectivity index (χ1) is 14.0. The van der Waals surface area contributed by atoms with Crippen LogP contribution >= 0.6 is 24.0 Å². The molecule has 0 aliphatic rings. The summed E-state index contributed by atoms with van der Waals surface area (Å²) < 4.78 is 11.0. The molecule has 0 spiro atoms. The number of hydrogen-bond donors (Lipinski definition) is 2. The van der Waals surface area contributed by atoms with Crippen molar-refractivity contribution in [3.05, 3.63) is 59.7 Å². The van der Waals surface area contributed by atoms with Crippen LogP contribution in [-0.4, -0.2) is 51.1 Å². The van der Waals surface area contributed by atoms with E-state index < -0.39 is 0 Å². The third-order valence-electron chi connectivity index (χ3n) is 4.09. The maximum absolute atomic E-state index is 11.6. The lowest BCUT2D eigenvalue weighted by Gasteiger charge is -2.18. The van der Waals surface area contributed by atoms with Crippen LogP contribution in [0.1, 0.15) is 18.1 Å². The first-order valence-electron chi connectivity index (χ1n) is 9.59. The SMILES string of the molecule is CCNC(=O)COc1ccc(CN=C(NCc2ccccc2)N(C)C)cc1OC.I. The van der Waals surface area contributed by atoms with E-state index in [1.807, 2.05) is 56.3 Å². The summed E-state index contributed by atoms with van der Waals surface area (Å²) >= 11 is 0. The fourth-order valence-electron chi connectivity index (χ4n) is 2.62. The third-order valence-corrected chi connectivity index (χ3v) is 4.09. The topological polar surface area (TPSA) is 75.2 Å². The van der Waals surface area contributed by atoms with Crippen molar-refractivity contribution >= 4 is 35.8 Å². The van der Waals surface area contributed by atoms with Gasteiger partial charge in [0.1, 0.15) is 0 Å². The molecule has 2 aromatic rings. The monoisotopic (exact) mass is 526 g/mol. The predicted octanol–water partition coefficient (Wildman–Crippen LogP) is 3.04. The van der Waals surface area contributed by atoms with Crippen LogP contribution in [0.25, 0.3) is 0 Å². The molecule has 0 saturated heterocycles. The number of carbonyl (C=O) groups excluding carboxylic acids is 1. The number of guanidine groups is 1. The van der Waals surface area contributed by atoms with Gasteiger partial charge in [0.2, 0.25) is 0 Å². The zero-order chi connectivity index (χ0) is 21.1. The minimum Gasteiger partial charge on any atom is -0.493 e. The van der Waals surface area contributed by atoms with Crippen LogP contribution in [0.2, 0.25) is 0 Å². The Morgan fingerprint density at radius 2 is 1.77 bits per heavy atom. The Balaban J connectivity index is 0.00000450. The first kappa shape index (κ1) is 25.5. The maximum atomic E-state index is 11.6. The molecule has 0 heterocycles. The Hall–Kier alpha value is -2.49. The fraction of sp³-hybridized carbons (Fsp3) is 0.364. The number of nitrogens with one attached hydrogen (secondary N) is 2. The number of ether oxygens (including phenoxy) is 2. The highest BCUT2D eigenvalue weighted by Crippen LogP contribution is 2.28. The van der Waals surface area contributed by atoms with Gasteiger partial charge in [-0.1, -0.05) is 36.4 Å². The number of aliphatic imine (C=N–C) groups is 1. The van der Waals surface area contributed by atoms with Gasteiger partial charge in [-0.05, 0) is 30.2 Å². The molecule has 8 heteroatoms. The lowest BCUT2D eigenvalue weighted by molar-refractivity contribution is -0.123. The molecule has 7 nitrogen and oxygen atoms in total. The number of rotatable bonds is 9. The van der Waals surface area contributed by atoms with Crippen molar-refractivity contribution in [3.8, 4) is 11.5 Å². The van der Waals surface area contributed by atoms with Crippen molar-refractivity contribution in [1.82, 2.24) is 15.5 Å². The van der Waals surface area contributed by atoms with E-state index in [1.54, 1.807) is 13.2 Å². The predicted molar refractivity (Wildman–Crippen MR) is 131 cm³/mol. The molecular weight excluding hydrogens is 495 g/mol. The fourth-order valence-corrected chi connectivity index (χ4v) is 2.62. The Morgan fingerprint density at radius 3 is 2.40 bits per heavy atom. The number of likely N-dealkylation sites (N-methyl/N-ethyl adjacent to an activating group) is 1. The van der Waals surface area contributed by atoms with Gasteiger partial charge in [0.05, 0.1) is 13.7 Å². The minimum absolute atomic E-state index is 0. The summed E-state index contributed by atoms with van der Waals surface area (Å²) in [6.45, 7) is 3.58. The van der Waals surface area contributed by atoms with Gasteiger partial charge in [0.25, 0.3) is 5.91 Å². The van der Waals surface area contributed by atoms with Gasteiger partial charge in [-0.2, -0.15) is 0 Å². The Bertz CT molecular complexity index is 813. The van der Waals surface area contributed by atoms with E-state index in [0.717, 1.165) is 11.5 Å². The molecule has 0 saturated carbocycles. The standard InChI is InChI=1S/C22H30N4O3.HI/c1-5-23-21(27)16-29-19-12-11-18(13-20(19)28-4)15-25-22(26(2)3)24-14-17-9-7-6-8-10-17;/h6-13H,5,14-16H2,1-4H3,(H,23,27)(H,24,25);1H. The second-order valence-electron chi connectivity index (χ2n) is 6.60. The molecular formula is C22H31IN4O3. The third kappa shape index (κ3) is 8.48. The number of halogens is 1. The molecule has 2 aromatic carbocycles. The molecule has 2 N–H and O–H groups in total. The van der Waals surface area contributed by atoms with E-state index in [-0.39, 0.29) is 36.5 Å². The van der Waals surface area contributed by atoms with E-state index in [4.69, 9.17) is 9.47 Å². The van der Waals surface area contributed by atoms with Crippen LogP contribution in [0.15, 0.2) is 53.5 Å². The molecule has 0 aliphatic carbocycles. The zero-order valence-electron chi connectivity index (χ0n) is 18.0. The van der Waals surface area contributed by atoms with E-state index in [2.05, 4.69) is 27.8 Å². The molecule has 164 valence electrons. The van der Waals surface area contributed by atoms with E-state index >= 15 is 0 Å². The zero-order valence-corrected chi connectivity index (χ0v) is 20.3.